The molecule has 1 aliphatic rings. The lowest BCUT2D eigenvalue weighted by atomic mass is 10.0. The molecule has 21 heavy (non-hydrogen) atoms. The van der Waals surface area contributed by atoms with Crippen molar-refractivity contribution in [2.24, 2.45) is 7.05 Å². The Kier molecular flexibility index (Phi) is 3.39. The smallest absolute Gasteiger partial charge is 0.247 e. The molecule has 1 aliphatic heterocycles. The van der Waals surface area contributed by atoms with Gasteiger partial charge in [0.15, 0.2) is 0 Å². The molecule has 1 fully saturated rings. The van der Waals surface area contributed by atoms with Crippen LogP contribution in [0.25, 0.3) is 0 Å². The molecule has 2 amide bonds. The van der Waals surface area contributed by atoms with Crippen molar-refractivity contribution in [3.63, 3.8) is 0 Å². The van der Waals surface area contributed by atoms with Crippen LogP contribution in [-0.2, 0) is 23.2 Å². The van der Waals surface area contributed by atoms with Crippen LogP contribution < -0.4 is 5.32 Å². The van der Waals surface area contributed by atoms with E-state index in [1.807, 2.05) is 30.3 Å². The van der Waals surface area contributed by atoms with E-state index in [-0.39, 0.29) is 24.9 Å². The minimum atomic E-state index is -0.630. The van der Waals surface area contributed by atoms with Crippen molar-refractivity contribution < 1.29 is 9.59 Å². The highest BCUT2D eigenvalue weighted by molar-refractivity contribution is 5.95. The minimum Gasteiger partial charge on any atom is -0.345 e. The van der Waals surface area contributed by atoms with Crippen molar-refractivity contribution in [2.75, 3.05) is 6.54 Å². The first-order valence-electron chi connectivity index (χ1n) is 6.62. The van der Waals surface area contributed by atoms with E-state index < -0.39 is 6.04 Å². The van der Waals surface area contributed by atoms with Gasteiger partial charge in [-0.25, -0.2) is 0 Å². The van der Waals surface area contributed by atoms with Crippen LogP contribution >= 0.6 is 0 Å². The fraction of sp³-hybridized carbons (Fsp3) is 0.286. The van der Waals surface area contributed by atoms with Gasteiger partial charge in [0.1, 0.15) is 11.7 Å². The third-order valence-corrected chi connectivity index (χ3v) is 3.39. The number of nitrogens with zero attached hydrogens (tertiary/aromatic N) is 4. The number of hydrogen-bond donors (Lipinski definition) is 1. The van der Waals surface area contributed by atoms with Crippen LogP contribution in [0.1, 0.15) is 17.3 Å². The second-order valence-electron chi connectivity index (χ2n) is 4.94. The molecule has 3 rings (SSSR count). The Labute approximate surface area is 121 Å². The lowest BCUT2D eigenvalue weighted by molar-refractivity contribution is -0.146. The van der Waals surface area contributed by atoms with Gasteiger partial charge in [0.05, 0.1) is 13.1 Å². The Morgan fingerprint density at radius 1 is 1.29 bits per heavy atom. The fourth-order valence-electron chi connectivity index (χ4n) is 2.43. The van der Waals surface area contributed by atoms with E-state index in [9.17, 15) is 9.59 Å². The molecule has 0 bridgehead atoms. The number of aryl methyl sites for hydroxylation is 1. The van der Waals surface area contributed by atoms with Crippen molar-refractivity contribution in [3.05, 3.63) is 47.8 Å². The predicted octanol–water partition coefficient (Wildman–Crippen LogP) is 0.0148. The number of piperazine rings is 1. The highest BCUT2D eigenvalue weighted by atomic mass is 16.2. The zero-order valence-electron chi connectivity index (χ0n) is 11.6. The summed E-state index contributed by atoms with van der Waals surface area (Å²) in [7, 11) is 1.76. The van der Waals surface area contributed by atoms with Crippen LogP contribution in [0.15, 0.2) is 36.5 Å². The standard InChI is InChI=1S/C14H15N5O2/c1-18-8-11(16-17-18)9-19-12(20)7-15-14(21)13(19)10-5-3-2-4-6-10/h2-6,8,13H,7,9H2,1H3,(H,15,21). The highest BCUT2D eigenvalue weighted by Gasteiger charge is 2.35. The largest absolute Gasteiger partial charge is 0.345 e. The Morgan fingerprint density at radius 2 is 2.05 bits per heavy atom. The number of rotatable bonds is 3. The van der Waals surface area contributed by atoms with Crippen molar-refractivity contribution in [3.8, 4) is 0 Å². The van der Waals surface area contributed by atoms with Crippen LogP contribution in [-0.4, -0.2) is 38.3 Å². The summed E-state index contributed by atoms with van der Waals surface area (Å²) in [4.78, 5) is 25.9. The van der Waals surface area contributed by atoms with Crippen molar-refractivity contribution in [1.29, 1.82) is 0 Å². The van der Waals surface area contributed by atoms with Gasteiger partial charge in [0, 0.05) is 13.2 Å². The molecule has 7 heteroatoms. The number of hydrogen-bond acceptors (Lipinski definition) is 4. The Hall–Kier alpha value is -2.70. The summed E-state index contributed by atoms with van der Waals surface area (Å²) in [6, 6.07) is 8.62. The molecule has 1 atom stereocenters. The first-order valence-corrected chi connectivity index (χ1v) is 6.62. The summed E-state index contributed by atoms with van der Waals surface area (Å²) in [5.74, 6) is -0.307. The van der Waals surface area contributed by atoms with Gasteiger partial charge in [-0.15, -0.1) is 5.10 Å². The van der Waals surface area contributed by atoms with Crippen LogP contribution in [0.5, 0.6) is 0 Å². The molecule has 1 saturated heterocycles. The third-order valence-electron chi connectivity index (χ3n) is 3.39. The SMILES string of the molecule is Cn1cc(CN2C(=O)CNC(=O)C2c2ccccc2)nn1. The maximum atomic E-state index is 12.2. The number of amides is 2. The second-order valence-corrected chi connectivity index (χ2v) is 4.94. The summed E-state index contributed by atoms with van der Waals surface area (Å²) in [5, 5.41) is 10.5. The number of aromatic nitrogens is 3. The Morgan fingerprint density at radius 3 is 2.71 bits per heavy atom. The summed E-state index contributed by atoms with van der Waals surface area (Å²) in [6.07, 6.45) is 1.74. The van der Waals surface area contributed by atoms with Gasteiger partial charge in [-0.05, 0) is 5.56 Å². The van der Waals surface area contributed by atoms with Gasteiger partial charge in [0.25, 0.3) is 0 Å². The Balaban J connectivity index is 1.92. The monoisotopic (exact) mass is 285 g/mol. The maximum Gasteiger partial charge on any atom is 0.247 e. The van der Waals surface area contributed by atoms with Gasteiger partial charge in [-0.3, -0.25) is 14.3 Å². The molecule has 7 nitrogen and oxygen atoms in total. The summed E-state index contributed by atoms with van der Waals surface area (Å²) in [5.41, 5.74) is 1.44. The molecule has 0 aliphatic carbocycles. The van der Waals surface area contributed by atoms with Crippen LogP contribution in [0.4, 0.5) is 0 Å². The van der Waals surface area contributed by atoms with E-state index in [0.717, 1.165) is 5.56 Å². The first kappa shape index (κ1) is 13.3. The molecule has 1 aromatic heterocycles. The summed E-state index contributed by atoms with van der Waals surface area (Å²) >= 11 is 0. The number of benzene rings is 1. The van der Waals surface area contributed by atoms with Crippen LogP contribution in [0.2, 0.25) is 0 Å². The van der Waals surface area contributed by atoms with Crippen molar-refractivity contribution in [1.82, 2.24) is 25.2 Å². The fourth-order valence-corrected chi connectivity index (χ4v) is 2.43. The molecule has 1 unspecified atom stereocenters. The maximum absolute atomic E-state index is 12.2. The topological polar surface area (TPSA) is 80.1 Å². The lowest BCUT2D eigenvalue weighted by Gasteiger charge is -2.34. The van der Waals surface area contributed by atoms with Crippen LogP contribution in [0.3, 0.4) is 0 Å². The van der Waals surface area contributed by atoms with Gasteiger partial charge in [0.2, 0.25) is 11.8 Å². The number of nitrogens with one attached hydrogen (secondary N) is 1. The first-order chi connectivity index (χ1) is 10.1. The number of carbonyl (C=O) groups is 2. The molecular weight excluding hydrogens is 270 g/mol. The van der Waals surface area contributed by atoms with E-state index in [1.165, 1.54) is 4.90 Å². The van der Waals surface area contributed by atoms with E-state index >= 15 is 0 Å². The lowest BCUT2D eigenvalue weighted by Crippen LogP contribution is -2.53. The number of carbonyl (C=O) groups excluding carboxylic acids is 2. The zero-order valence-corrected chi connectivity index (χ0v) is 11.6. The van der Waals surface area contributed by atoms with E-state index in [0.29, 0.717) is 5.69 Å². The molecular formula is C14H15N5O2. The average Bonchev–Trinajstić information content (AvgIpc) is 2.89. The minimum absolute atomic E-state index is 0.0163. The summed E-state index contributed by atoms with van der Waals surface area (Å²) in [6.45, 7) is 0.280. The van der Waals surface area contributed by atoms with E-state index in [1.54, 1.807) is 17.9 Å². The van der Waals surface area contributed by atoms with Gasteiger partial charge in [-0.1, -0.05) is 35.5 Å². The highest BCUT2D eigenvalue weighted by Crippen LogP contribution is 2.25. The summed E-state index contributed by atoms with van der Waals surface area (Å²) < 4.78 is 1.57. The third kappa shape index (κ3) is 2.62. The predicted molar refractivity (Wildman–Crippen MR) is 73.7 cm³/mol. The molecule has 2 heterocycles. The normalized spacial score (nSPS) is 18.7. The molecule has 1 aromatic carbocycles. The Bertz CT molecular complexity index is 667. The van der Waals surface area contributed by atoms with Gasteiger partial charge in [-0.2, -0.15) is 0 Å². The quantitative estimate of drug-likeness (QED) is 0.862. The van der Waals surface area contributed by atoms with Crippen molar-refractivity contribution >= 4 is 11.8 Å². The molecule has 1 N–H and O–H groups in total. The molecule has 2 aromatic rings. The van der Waals surface area contributed by atoms with Crippen LogP contribution in [0, 0.1) is 0 Å². The van der Waals surface area contributed by atoms with Gasteiger partial charge < -0.3 is 10.2 Å². The molecule has 0 spiro atoms. The molecule has 0 saturated carbocycles. The van der Waals surface area contributed by atoms with E-state index in [4.69, 9.17) is 0 Å². The average molecular weight is 285 g/mol. The molecule has 108 valence electrons. The van der Waals surface area contributed by atoms with Crippen molar-refractivity contribution in [2.45, 2.75) is 12.6 Å². The van der Waals surface area contributed by atoms with Gasteiger partial charge >= 0.3 is 0 Å². The second kappa shape index (κ2) is 5.35. The van der Waals surface area contributed by atoms with E-state index in [2.05, 4.69) is 15.6 Å². The molecule has 0 radical (unpaired) electrons. The zero-order chi connectivity index (χ0) is 14.8.